The van der Waals surface area contributed by atoms with Crippen LogP contribution in [-0.4, -0.2) is 33.1 Å². The number of amides is 3. The van der Waals surface area contributed by atoms with Crippen molar-refractivity contribution >= 4 is 51.5 Å². The average Bonchev–Trinajstić information content (AvgIpc) is 3.23. The number of imide groups is 1. The monoisotopic (exact) mass is 433 g/mol. The van der Waals surface area contributed by atoms with Gasteiger partial charge in [-0.15, -0.1) is 0 Å². The topological polar surface area (TPSA) is 71.4 Å². The summed E-state index contributed by atoms with van der Waals surface area (Å²) in [4.78, 5) is 39.1. The average molecular weight is 434 g/mol. The van der Waals surface area contributed by atoms with Crippen LogP contribution in [0.1, 0.15) is 31.0 Å². The number of nitrogens with zero attached hydrogens (tertiary/aromatic N) is 2. The molecule has 1 fully saturated rings. The molecule has 2 heterocycles. The lowest BCUT2D eigenvalue weighted by Crippen LogP contribution is -2.36. The smallest absolute Gasteiger partial charge is 0.294 e. The molecule has 1 aliphatic rings. The maximum absolute atomic E-state index is 12.9. The van der Waals surface area contributed by atoms with Crippen LogP contribution in [0.2, 0.25) is 0 Å². The van der Waals surface area contributed by atoms with E-state index in [1.54, 1.807) is 12.1 Å². The van der Waals surface area contributed by atoms with Crippen LogP contribution in [0, 0.1) is 6.92 Å². The number of para-hydroxylation sites is 2. The first-order valence-electron chi connectivity index (χ1n) is 10.1. The van der Waals surface area contributed by atoms with Crippen molar-refractivity contribution in [3.05, 3.63) is 70.8 Å². The molecule has 1 aromatic heterocycles. The molecule has 1 N–H and O–H groups in total. The van der Waals surface area contributed by atoms with Crippen LogP contribution >= 0.6 is 11.8 Å². The van der Waals surface area contributed by atoms with E-state index < -0.39 is 17.1 Å². The standard InChI is InChI=1S/C24H23N3O3S/c1-15(2)26-13-17(18-9-5-7-11-20(18)26)12-21-23(29)27(24(30)31-21)14-22(28)25-19-10-6-4-8-16(19)3/h4-13,15H,14H2,1-3H3,(H,25,28)/b21-12+. The molecule has 0 saturated carbocycles. The van der Waals surface area contributed by atoms with Crippen LogP contribution in [0.5, 0.6) is 0 Å². The van der Waals surface area contributed by atoms with E-state index in [-0.39, 0.29) is 12.6 Å². The van der Waals surface area contributed by atoms with Crippen molar-refractivity contribution in [2.45, 2.75) is 26.8 Å². The van der Waals surface area contributed by atoms with Gasteiger partial charge in [-0.2, -0.15) is 0 Å². The van der Waals surface area contributed by atoms with E-state index in [9.17, 15) is 14.4 Å². The summed E-state index contributed by atoms with van der Waals surface area (Å²) in [5.74, 6) is -0.856. The second-order valence-electron chi connectivity index (χ2n) is 7.73. The molecule has 0 unspecified atom stereocenters. The highest BCUT2D eigenvalue weighted by Gasteiger charge is 2.36. The zero-order chi connectivity index (χ0) is 22.1. The van der Waals surface area contributed by atoms with Crippen molar-refractivity contribution in [3.63, 3.8) is 0 Å². The van der Waals surface area contributed by atoms with E-state index in [0.29, 0.717) is 10.6 Å². The molecule has 0 spiro atoms. The minimum absolute atomic E-state index is 0.257. The summed E-state index contributed by atoms with van der Waals surface area (Å²) in [6.07, 6.45) is 3.74. The van der Waals surface area contributed by atoms with Gasteiger partial charge in [0.25, 0.3) is 11.1 Å². The van der Waals surface area contributed by atoms with E-state index >= 15 is 0 Å². The van der Waals surface area contributed by atoms with Crippen LogP contribution in [0.15, 0.2) is 59.6 Å². The highest BCUT2D eigenvalue weighted by atomic mass is 32.2. The third-order valence-electron chi connectivity index (χ3n) is 5.21. The zero-order valence-electron chi connectivity index (χ0n) is 17.6. The number of rotatable bonds is 5. The van der Waals surface area contributed by atoms with Gasteiger partial charge in [0.1, 0.15) is 6.54 Å². The minimum atomic E-state index is -0.448. The van der Waals surface area contributed by atoms with Gasteiger partial charge in [0, 0.05) is 34.4 Å². The minimum Gasteiger partial charge on any atom is -0.344 e. The maximum Gasteiger partial charge on any atom is 0.294 e. The molecular formula is C24H23N3O3S. The number of carbonyl (C=O) groups excluding carboxylic acids is 3. The largest absolute Gasteiger partial charge is 0.344 e. The third-order valence-corrected chi connectivity index (χ3v) is 6.12. The first-order valence-corrected chi connectivity index (χ1v) is 10.9. The van der Waals surface area contributed by atoms with Crippen LogP contribution in [0.3, 0.4) is 0 Å². The lowest BCUT2D eigenvalue weighted by molar-refractivity contribution is -0.127. The normalized spacial score (nSPS) is 15.5. The van der Waals surface area contributed by atoms with Gasteiger partial charge in [-0.3, -0.25) is 19.3 Å². The second kappa shape index (κ2) is 8.43. The Labute approximate surface area is 184 Å². The van der Waals surface area contributed by atoms with E-state index in [0.717, 1.165) is 38.7 Å². The van der Waals surface area contributed by atoms with Crippen molar-refractivity contribution < 1.29 is 14.4 Å². The molecule has 0 aliphatic carbocycles. The first-order chi connectivity index (χ1) is 14.8. The summed E-state index contributed by atoms with van der Waals surface area (Å²) in [6, 6.07) is 15.6. The molecule has 158 valence electrons. The number of thioether (sulfide) groups is 1. The molecule has 3 amide bonds. The highest BCUT2D eigenvalue weighted by molar-refractivity contribution is 8.18. The predicted molar refractivity (Wildman–Crippen MR) is 125 cm³/mol. The number of fused-ring (bicyclic) bond motifs is 1. The fraction of sp³-hybridized carbons (Fsp3) is 0.208. The molecule has 0 atom stereocenters. The Bertz CT molecular complexity index is 1230. The van der Waals surface area contributed by atoms with Crippen molar-refractivity contribution in [2.24, 2.45) is 0 Å². The van der Waals surface area contributed by atoms with Crippen LogP contribution in [0.25, 0.3) is 17.0 Å². The quantitative estimate of drug-likeness (QED) is 0.561. The van der Waals surface area contributed by atoms with E-state index in [1.807, 2.05) is 55.6 Å². The Hall–Kier alpha value is -3.32. The number of nitrogens with one attached hydrogen (secondary N) is 1. The maximum atomic E-state index is 12.9. The van der Waals surface area contributed by atoms with E-state index in [4.69, 9.17) is 0 Å². The lowest BCUT2D eigenvalue weighted by Gasteiger charge is -2.13. The second-order valence-corrected chi connectivity index (χ2v) is 8.73. The first kappa shape index (κ1) is 20.9. The van der Waals surface area contributed by atoms with E-state index in [2.05, 4.69) is 23.7 Å². The summed E-state index contributed by atoms with van der Waals surface area (Å²) < 4.78 is 2.14. The van der Waals surface area contributed by atoms with Crippen molar-refractivity contribution in [1.29, 1.82) is 0 Å². The van der Waals surface area contributed by atoms with Gasteiger partial charge < -0.3 is 9.88 Å². The molecule has 2 aromatic carbocycles. The molecule has 31 heavy (non-hydrogen) atoms. The number of benzene rings is 2. The van der Waals surface area contributed by atoms with Gasteiger partial charge >= 0.3 is 0 Å². The van der Waals surface area contributed by atoms with Crippen molar-refractivity contribution in [1.82, 2.24) is 9.47 Å². The SMILES string of the molecule is Cc1ccccc1NC(=O)CN1C(=O)S/C(=C/c2cn(C(C)C)c3ccccc23)C1=O. The molecule has 4 rings (SSSR count). The van der Waals surface area contributed by atoms with Crippen LogP contribution < -0.4 is 5.32 Å². The van der Waals surface area contributed by atoms with Crippen LogP contribution in [0.4, 0.5) is 10.5 Å². The number of hydrogen-bond acceptors (Lipinski definition) is 4. The van der Waals surface area contributed by atoms with Crippen molar-refractivity contribution in [2.75, 3.05) is 11.9 Å². The molecule has 7 heteroatoms. The molecular weight excluding hydrogens is 410 g/mol. The number of hydrogen-bond donors (Lipinski definition) is 1. The Morgan fingerprint density at radius 3 is 2.55 bits per heavy atom. The summed E-state index contributed by atoms with van der Waals surface area (Å²) in [5, 5.41) is 3.34. The fourth-order valence-electron chi connectivity index (χ4n) is 3.60. The number of aromatic nitrogens is 1. The summed E-state index contributed by atoms with van der Waals surface area (Å²) in [7, 11) is 0. The Kier molecular flexibility index (Phi) is 5.69. The Morgan fingerprint density at radius 1 is 1.10 bits per heavy atom. The van der Waals surface area contributed by atoms with Crippen molar-refractivity contribution in [3.8, 4) is 0 Å². The molecule has 6 nitrogen and oxygen atoms in total. The molecule has 0 radical (unpaired) electrons. The van der Waals surface area contributed by atoms with Gasteiger partial charge in [-0.05, 0) is 56.3 Å². The molecule has 1 saturated heterocycles. The predicted octanol–water partition coefficient (Wildman–Crippen LogP) is 5.21. The summed E-state index contributed by atoms with van der Waals surface area (Å²) >= 11 is 0.864. The molecule has 1 aliphatic heterocycles. The zero-order valence-corrected chi connectivity index (χ0v) is 18.4. The number of aryl methyl sites for hydroxylation is 1. The van der Waals surface area contributed by atoms with Crippen LogP contribution in [-0.2, 0) is 9.59 Å². The van der Waals surface area contributed by atoms with Gasteiger partial charge in [0.15, 0.2) is 0 Å². The number of carbonyl (C=O) groups is 3. The van der Waals surface area contributed by atoms with Gasteiger partial charge in [-0.1, -0.05) is 36.4 Å². The van der Waals surface area contributed by atoms with Gasteiger partial charge in [-0.25, -0.2) is 0 Å². The van der Waals surface area contributed by atoms with Gasteiger partial charge in [0.2, 0.25) is 5.91 Å². The fourth-order valence-corrected chi connectivity index (χ4v) is 4.43. The van der Waals surface area contributed by atoms with Gasteiger partial charge in [0.05, 0.1) is 4.91 Å². The number of anilines is 1. The summed E-state index contributed by atoms with van der Waals surface area (Å²) in [6.45, 7) is 5.75. The highest BCUT2D eigenvalue weighted by Crippen LogP contribution is 2.34. The summed E-state index contributed by atoms with van der Waals surface area (Å²) in [5.41, 5.74) is 3.52. The molecule has 3 aromatic rings. The Morgan fingerprint density at radius 2 is 1.81 bits per heavy atom. The van der Waals surface area contributed by atoms with E-state index in [1.165, 1.54) is 0 Å². The third kappa shape index (κ3) is 4.14. The molecule has 0 bridgehead atoms. The Balaban J connectivity index is 1.56. The lowest BCUT2D eigenvalue weighted by atomic mass is 10.1.